The van der Waals surface area contributed by atoms with Crippen LogP contribution < -0.4 is 0 Å². The Balaban J connectivity index is 1.74. The molecule has 8 heteroatoms. The molecule has 0 aliphatic heterocycles. The summed E-state index contributed by atoms with van der Waals surface area (Å²) in [7, 11) is 0. The highest BCUT2D eigenvalue weighted by Gasteiger charge is 2.52. The van der Waals surface area contributed by atoms with Crippen LogP contribution in [0, 0.1) is 6.92 Å². The van der Waals surface area contributed by atoms with E-state index >= 15 is 0 Å². The Hall–Kier alpha value is -2.35. The lowest BCUT2D eigenvalue weighted by Crippen LogP contribution is -2.17. The fourth-order valence-electron chi connectivity index (χ4n) is 3.56. The van der Waals surface area contributed by atoms with Crippen LogP contribution in [0.25, 0.3) is 11.3 Å². The molecule has 1 saturated carbocycles. The number of aromatic nitrogens is 1. The summed E-state index contributed by atoms with van der Waals surface area (Å²) in [6.07, 6.45) is -7.78. The first-order valence-electron chi connectivity index (χ1n) is 8.85. The van der Waals surface area contributed by atoms with Crippen molar-refractivity contribution in [3.63, 3.8) is 0 Å². The number of hydrogen-bond donors (Lipinski definition) is 0. The van der Waals surface area contributed by atoms with Gasteiger partial charge in [-0.05, 0) is 43.5 Å². The zero-order valence-corrected chi connectivity index (χ0v) is 16.0. The summed E-state index contributed by atoms with van der Waals surface area (Å²) < 4.78 is 78.8. The van der Waals surface area contributed by atoms with Gasteiger partial charge in [0.1, 0.15) is 5.01 Å². The monoisotopic (exact) mass is 427 g/mol. The highest BCUT2D eigenvalue weighted by molar-refractivity contribution is 7.12. The number of rotatable bonds is 3. The van der Waals surface area contributed by atoms with Crippen molar-refractivity contribution in [2.24, 2.45) is 0 Å². The summed E-state index contributed by atoms with van der Waals surface area (Å²) in [4.78, 5) is 5.34. The molecule has 0 unspecified atom stereocenters. The molecule has 2 aromatic carbocycles. The first-order chi connectivity index (χ1) is 13.5. The van der Waals surface area contributed by atoms with E-state index in [9.17, 15) is 26.3 Å². The lowest BCUT2D eigenvalue weighted by molar-refractivity contribution is -0.138. The van der Waals surface area contributed by atoms with Crippen LogP contribution in [-0.2, 0) is 17.8 Å². The van der Waals surface area contributed by atoms with Crippen molar-refractivity contribution in [1.82, 2.24) is 4.98 Å². The Morgan fingerprint density at radius 3 is 2.03 bits per heavy atom. The maximum atomic E-state index is 13.5. The molecule has 0 atom stereocenters. The largest absolute Gasteiger partial charge is 0.416 e. The third-order valence-corrected chi connectivity index (χ3v) is 6.36. The topological polar surface area (TPSA) is 12.9 Å². The van der Waals surface area contributed by atoms with Gasteiger partial charge in [0, 0.05) is 15.9 Å². The molecule has 1 aliphatic carbocycles. The molecule has 0 N–H and O–H groups in total. The second-order valence-corrected chi connectivity index (χ2v) is 8.33. The Labute approximate surface area is 167 Å². The molecule has 29 heavy (non-hydrogen) atoms. The van der Waals surface area contributed by atoms with Crippen LogP contribution in [0.4, 0.5) is 26.3 Å². The average molecular weight is 427 g/mol. The minimum atomic E-state index is -4.46. The van der Waals surface area contributed by atoms with E-state index in [4.69, 9.17) is 0 Å². The Kier molecular flexibility index (Phi) is 4.53. The third-order valence-electron chi connectivity index (χ3n) is 5.19. The van der Waals surface area contributed by atoms with E-state index in [2.05, 4.69) is 4.98 Å². The summed E-state index contributed by atoms with van der Waals surface area (Å²) in [5.74, 6) is 0. The number of nitrogens with zero attached hydrogens (tertiary/aromatic N) is 1. The van der Waals surface area contributed by atoms with Crippen molar-refractivity contribution in [1.29, 1.82) is 0 Å². The molecule has 1 nitrogen and oxygen atoms in total. The van der Waals surface area contributed by atoms with Crippen molar-refractivity contribution < 1.29 is 26.3 Å². The van der Waals surface area contributed by atoms with Crippen LogP contribution in [0.15, 0.2) is 48.5 Å². The summed E-state index contributed by atoms with van der Waals surface area (Å²) in [5, 5.41) is 0.571. The van der Waals surface area contributed by atoms with Gasteiger partial charge in [0.05, 0.1) is 16.8 Å². The third kappa shape index (κ3) is 3.54. The summed E-state index contributed by atoms with van der Waals surface area (Å²) in [6.45, 7) is 1.78. The Bertz CT molecular complexity index is 1040. The van der Waals surface area contributed by atoms with E-state index < -0.39 is 28.9 Å². The van der Waals surface area contributed by atoms with Crippen LogP contribution in [-0.4, -0.2) is 4.98 Å². The summed E-state index contributed by atoms with van der Waals surface area (Å²) in [5.41, 5.74) is -0.979. The number of alkyl halides is 6. The van der Waals surface area contributed by atoms with Gasteiger partial charge in [0.25, 0.3) is 0 Å². The van der Waals surface area contributed by atoms with Crippen LogP contribution in [0.5, 0.6) is 0 Å². The van der Waals surface area contributed by atoms with E-state index in [1.807, 2.05) is 0 Å². The molecule has 0 spiro atoms. The number of halogens is 6. The van der Waals surface area contributed by atoms with E-state index in [0.29, 0.717) is 29.1 Å². The van der Waals surface area contributed by atoms with E-state index in [-0.39, 0.29) is 5.56 Å². The number of thiazole rings is 1. The van der Waals surface area contributed by atoms with Gasteiger partial charge < -0.3 is 0 Å². The smallest absolute Gasteiger partial charge is 0.240 e. The Morgan fingerprint density at radius 2 is 1.48 bits per heavy atom. The molecule has 4 rings (SSSR count). The summed E-state index contributed by atoms with van der Waals surface area (Å²) in [6, 6.07) is 10.2. The SMILES string of the molecule is Cc1sc(C2(c3ccccc3C(F)(F)F)CC2)nc1-c1ccc(C(F)(F)F)cc1. The molecule has 152 valence electrons. The minimum absolute atomic E-state index is 0.209. The molecule has 1 fully saturated rings. The zero-order valence-electron chi connectivity index (χ0n) is 15.2. The van der Waals surface area contributed by atoms with Gasteiger partial charge in [0.2, 0.25) is 0 Å². The normalized spacial score (nSPS) is 16.1. The highest BCUT2D eigenvalue weighted by atomic mass is 32.1. The van der Waals surface area contributed by atoms with Crippen molar-refractivity contribution in [2.45, 2.75) is 37.5 Å². The fraction of sp³-hybridized carbons (Fsp3) is 0.286. The number of benzene rings is 2. The van der Waals surface area contributed by atoms with E-state index in [0.717, 1.165) is 23.1 Å². The van der Waals surface area contributed by atoms with Gasteiger partial charge in [-0.1, -0.05) is 30.3 Å². The van der Waals surface area contributed by atoms with Crippen molar-refractivity contribution in [2.75, 3.05) is 0 Å². The fourth-order valence-corrected chi connectivity index (χ4v) is 4.75. The van der Waals surface area contributed by atoms with Crippen LogP contribution in [0.2, 0.25) is 0 Å². The number of aryl methyl sites for hydroxylation is 1. The lowest BCUT2D eigenvalue weighted by atomic mass is 9.91. The van der Waals surface area contributed by atoms with E-state index in [1.54, 1.807) is 13.0 Å². The van der Waals surface area contributed by atoms with Crippen molar-refractivity contribution >= 4 is 11.3 Å². The average Bonchev–Trinajstić information content (AvgIpc) is 3.37. The van der Waals surface area contributed by atoms with Gasteiger partial charge in [-0.25, -0.2) is 4.98 Å². The van der Waals surface area contributed by atoms with Crippen LogP contribution in [0.3, 0.4) is 0 Å². The maximum absolute atomic E-state index is 13.5. The van der Waals surface area contributed by atoms with E-state index in [1.165, 1.54) is 35.6 Å². The standard InChI is InChI=1S/C21H15F6NS/c1-12-17(13-6-8-14(9-7-13)20(22,23)24)28-18(29-12)19(10-11-19)15-4-2-3-5-16(15)21(25,26)27/h2-9H,10-11H2,1H3. The molecule has 0 saturated heterocycles. The predicted octanol–water partition coefficient (Wildman–Crippen LogP) is 7.24. The summed E-state index contributed by atoms with van der Waals surface area (Å²) >= 11 is 1.30. The lowest BCUT2D eigenvalue weighted by Gasteiger charge is -2.19. The van der Waals surface area contributed by atoms with Crippen LogP contribution in [0.1, 0.15) is 39.4 Å². The molecular weight excluding hydrogens is 412 g/mol. The second kappa shape index (κ2) is 6.58. The molecule has 0 amide bonds. The molecule has 1 heterocycles. The zero-order chi connectivity index (χ0) is 21.0. The highest BCUT2D eigenvalue weighted by Crippen LogP contribution is 2.57. The molecule has 0 bridgehead atoms. The molecule has 1 aromatic heterocycles. The van der Waals surface area contributed by atoms with Crippen molar-refractivity contribution in [3.8, 4) is 11.3 Å². The quantitative estimate of drug-likeness (QED) is 0.402. The first-order valence-corrected chi connectivity index (χ1v) is 9.66. The predicted molar refractivity (Wildman–Crippen MR) is 98.7 cm³/mol. The maximum Gasteiger partial charge on any atom is 0.416 e. The van der Waals surface area contributed by atoms with Gasteiger partial charge in [0.15, 0.2) is 0 Å². The molecule has 3 aromatic rings. The minimum Gasteiger partial charge on any atom is -0.240 e. The van der Waals surface area contributed by atoms with Gasteiger partial charge in [-0.2, -0.15) is 26.3 Å². The molecule has 0 radical (unpaired) electrons. The number of hydrogen-bond acceptors (Lipinski definition) is 2. The Morgan fingerprint density at radius 1 is 0.862 bits per heavy atom. The van der Waals surface area contributed by atoms with Crippen LogP contribution >= 0.6 is 11.3 Å². The van der Waals surface area contributed by atoms with Gasteiger partial charge >= 0.3 is 12.4 Å². The van der Waals surface area contributed by atoms with Gasteiger partial charge in [-0.3, -0.25) is 0 Å². The molecular formula is C21H15F6NS. The van der Waals surface area contributed by atoms with Gasteiger partial charge in [-0.15, -0.1) is 11.3 Å². The second-order valence-electron chi connectivity index (χ2n) is 7.12. The molecule has 1 aliphatic rings. The first kappa shape index (κ1) is 19.9. The van der Waals surface area contributed by atoms with Crippen molar-refractivity contribution in [3.05, 3.63) is 75.1 Å².